The van der Waals surface area contributed by atoms with Crippen LogP contribution in [0.25, 0.3) is 5.57 Å². The maximum atomic E-state index is 3.80. The lowest BCUT2D eigenvalue weighted by Crippen LogP contribution is -1.88. The Hall–Kier alpha value is -2.08. The van der Waals surface area contributed by atoms with Gasteiger partial charge < -0.3 is 0 Å². The van der Waals surface area contributed by atoms with Gasteiger partial charge in [-0.25, -0.2) is 0 Å². The van der Waals surface area contributed by atoms with Crippen molar-refractivity contribution in [3.63, 3.8) is 0 Å². The van der Waals surface area contributed by atoms with Gasteiger partial charge in [-0.2, -0.15) is 0 Å². The maximum Gasteiger partial charge on any atom is -0.0112 e. The van der Waals surface area contributed by atoms with Gasteiger partial charge in [0.1, 0.15) is 0 Å². The highest BCUT2D eigenvalue weighted by Gasteiger charge is 2.03. The van der Waals surface area contributed by atoms with Crippen LogP contribution in [0.5, 0.6) is 0 Å². The predicted molar refractivity (Wildman–Crippen MR) is 74.9 cm³/mol. The fraction of sp³-hybridized carbons (Fsp3) is 0.0588. The molecule has 0 aromatic heterocycles. The summed E-state index contributed by atoms with van der Waals surface area (Å²) < 4.78 is 0. The van der Waals surface area contributed by atoms with Gasteiger partial charge in [-0.15, -0.1) is 0 Å². The molecule has 0 aliphatic carbocycles. The lowest BCUT2D eigenvalue weighted by atomic mass is 9.96. The molecule has 17 heavy (non-hydrogen) atoms. The smallest absolute Gasteiger partial charge is 0.0112 e. The van der Waals surface area contributed by atoms with Crippen LogP contribution in [0.4, 0.5) is 0 Å². The minimum atomic E-state index is 1.21. The maximum absolute atomic E-state index is 3.80. The minimum Gasteiger partial charge on any atom is -0.0990 e. The second kappa shape index (κ2) is 5.31. The molecule has 0 saturated heterocycles. The molecule has 2 aromatic carbocycles. The molecule has 0 heterocycles. The van der Waals surface area contributed by atoms with Crippen LogP contribution in [0.3, 0.4) is 0 Å². The average Bonchev–Trinajstić information content (AvgIpc) is 2.37. The molecular formula is C17H16. The summed E-state index contributed by atoms with van der Waals surface area (Å²) in [5, 5.41) is 0. The molecule has 2 rings (SSSR count). The molecule has 0 nitrogen and oxygen atoms in total. The zero-order valence-corrected chi connectivity index (χ0v) is 10.1. The minimum absolute atomic E-state index is 1.21. The van der Waals surface area contributed by atoms with Crippen LogP contribution in [0.1, 0.15) is 16.7 Å². The van der Waals surface area contributed by atoms with Gasteiger partial charge >= 0.3 is 0 Å². The Bertz CT molecular complexity index is 533. The third-order valence-corrected chi connectivity index (χ3v) is 2.70. The Morgan fingerprint density at radius 2 is 1.65 bits per heavy atom. The highest BCUT2D eigenvalue weighted by molar-refractivity contribution is 5.80. The van der Waals surface area contributed by atoms with E-state index in [-0.39, 0.29) is 0 Å². The summed E-state index contributed by atoms with van der Waals surface area (Å²) in [7, 11) is 0. The van der Waals surface area contributed by atoms with Gasteiger partial charge in [-0.1, -0.05) is 78.9 Å². The van der Waals surface area contributed by atoms with E-state index in [9.17, 15) is 0 Å². The van der Waals surface area contributed by atoms with Crippen LogP contribution in [-0.4, -0.2) is 0 Å². The topological polar surface area (TPSA) is 0 Å². The summed E-state index contributed by atoms with van der Waals surface area (Å²) in [6.07, 6.45) is 3.90. The second-order valence-electron chi connectivity index (χ2n) is 4.05. The van der Waals surface area contributed by atoms with Crippen molar-refractivity contribution in [2.45, 2.75) is 6.92 Å². The predicted octanol–water partition coefficient (Wildman–Crippen LogP) is 4.61. The summed E-state index contributed by atoms with van der Waals surface area (Å²) in [5.74, 6) is 0. The lowest BCUT2D eigenvalue weighted by molar-refractivity contribution is 1.44. The molecule has 0 fully saturated rings. The molecule has 0 N–H and O–H groups in total. The van der Waals surface area contributed by atoms with Crippen molar-refractivity contribution in [2.24, 2.45) is 0 Å². The average molecular weight is 220 g/mol. The zero-order chi connectivity index (χ0) is 12.1. The first-order chi connectivity index (χ1) is 8.31. The Labute approximate surface area is 103 Å². The molecule has 0 heteroatoms. The number of benzene rings is 2. The van der Waals surface area contributed by atoms with E-state index >= 15 is 0 Å². The normalized spacial score (nSPS) is 11.2. The number of hydrogen-bond acceptors (Lipinski definition) is 0. The second-order valence-corrected chi connectivity index (χ2v) is 4.05. The number of rotatable bonds is 3. The first kappa shape index (κ1) is 11.4. The lowest BCUT2D eigenvalue weighted by Gasteiger charge is -2.08. The summed E-state index contributed by atoms with van der Waals surface area (Å²) in [6, 6.07) is 18.9. The standard InChI is InChI=1S/C17H16/c1-3-8-17(15-10-5-4-6-11-15)16-12-7-9-14(2)13-16/h3-13H,1H2,2H3/b17-8+. The number of aryl methyl sites for hydroxylation is 1. The molecule has 0 aliphatic heterocycles. The molecule has 0 radical (unpaired) electrons. The molecule has 0 unspecified atom stereocenters. The fourth-order valence-corrected chi connectivity index (χ4v) is 1.91. The van der Waals surface area contributed by atoms with E-state index in [1.165, 1.54) is 22.3 Å². The Morgan fingerprint density at radius 1 is 0.941 bits per heavy atom. The quantitative estimate of drug-likeness (QED) is 0.662. The van der Waals surface area contributed by atoms with Crippen molar-refractivity contribution in [3.05, 3.63) is 90.0 Å². The van der Waals surface area contributed by atoms with E-state index in [2.05, 4.69) is 68.1 Å². The van der Waals surface area contributed by atoms with Gasteiger partial charge in [0.25, 0.3) is 0 Å². The molecule has 0 bridgehead atoms. The van der Waals surface area contributed by atoms with Crippen LogP contribution in [-0.2, 0) is 0 Å². The molecule has 2 aromatic rings. The zero-order valence-electron chi connectivity index (χ0n) is 10.1. The Kier molecular flexibility index (Phi) is 3.56. The van der Waals surface area contributed by atoms with Crippen molar-refractivity contribution in [3.8, 4) is 0 Å². The van der Waals surface area contributed by atoms with Gasteiger partial charge in [0.05, 0.1) is 0 Å². The van der Waals surface area contributed by atoms with Crippen molar-refractivity contribution < 1.29 is 0 Å². The first-order valence-electron chi connectivity index (χ1n) is 5.76. The molecule has 0 aliphatic rings. The van der Waals surface area contributed by atoms with Gasteiger partial charge in [0.2, 0.25) is 0 Å². The van der Waals surface area contributed by atoms with E-state index < -0.39 is 0 Å². The third-order valence-electron chi connectivity index (χ3n) is 2.70. The molecule has 84 valence electrons. The Balaban J connectivity index is 2.51. The van der Waals surface area contributed by atoms with Crippen LogP contribution < -0.4 is 0 Å². The molecule has 0 spiro atoms. The van der Waals surface area contributed by atoms with Crippen molar-refractivity contribution in [1.82, 2.24) is 0 Å². The van der Waals surface area contributed by atoms with Crippen LogP contribution in [0.2, 0.25) is 0 Å². The monoisotopic (exact) mass is 220 g/mol. The van der Waals surface area contributed by atoms with E-state index in [1.54, 1.807) is 0 Å². The number of hydrogen-bond donors (Lipinski definition) is 0. The van der Waals surface area contributed by atoms with E-state index in [4.69, 9.17) is 0 Å². The van der Waals surface area contributed by atoms with Gasteiger partial charge in [-0.05, 0) is 23.6 Å². The van der Waals surface area contributed by atoms with Crippen LogP contribution >= 0.6 is 0 Å². The van der Waals surface area contributed by atoms with E-state index in [1.807, 2.05) is 12.1 Å². The van der Waals surface area contributed by atoms with Gasteiger partial charge in [-0.3, -0.25) is 0 Å². The van der Waals surface area contributed by atoms with Crippen LogP contribution in [0, 0.1) is 6.92 Å². The van der Waals surface area contributed by atoms with Gasteiger partial charge in [0, 0.05) is 0 Å². The van der Waals surface area contributed by atoms with Crippen LogP contribution in [0.15, 0.2) is 73.3 Å². The molecule has 0 saturated carbocycles. The highest BCUT2D eigenvalue weighted by Crippen LogP contribution is 2.23. The SMILES string of the molecule is C=C/C=C(\c1ccccc1)c1cccc(C)c1. The number of allylic oxidation sites excluding steroid dienone is 2. The van der Waals surface area contributed by atoms with E-state index in [0.29, 0.717) is 0 Å². The summed E-state index contributed by atoms with van der Waals surface area (Å²) in [5.41, 5.74) is 4.94. The fourth-order valence-electron chi connectivity index (χ4n) is 1.91. The molecule has 0 amide bonds. The largest absolute Gasteiger partial charge is 0.0990 e. The van der Waals surface area contributed by atoms with Crippen molar-refractivity contribution >= 4 is 5.57 Å². The highest BCUT2D eigenvalue weighted by atomic mass is 14.1. The molecule has 0 atom stereocenters. The summed E-state index contributed by atoms with van der Waals surface area (Å²) in [6.45, 7) is 5.91. The first-order valence-corrected chi connectivity index (χ1v) is 5.76. The summed E-state index contributed by atoms with van der Waals surface area (Å²) >= 11 is 0. The summed E-state index contributed by atoms with van der Waals surface area (Å²) in [4.78, 5) is 0. The van der Waals surface area contributed by atoms with Gasteiger partial charge in [0.15, 0.2) is 0 Å². The van der Waals surface area contributed by atoms with E-state index in [0.717, 1.165) is 0 Å². The van der Waals surface area contributed by atoms with Crippen molar-refractivity contribution in [1.29, 1.82) is 0 Å². The van der Waals surface area contributed by atoms with Crippen molar-refractivity contribution in [2.75, 3.05) is 0 Å². The third kappa shape index (κ3) is 2.73. The molecular weight excluding hydrogens is 204 g/mol. The Morgan fingerprint density at radius 3 is 2.29 bits per heavy atom.